The Morgan fingerprint density at radius 2 is 2.39 bits per heavy atom. The van der Waals surface area contributed by atoms with Gasteiger partial charge in [0.25, 0.3) is 0 Å². The zero-order chi connectivity index (χ0) is 13.1. The molecule has 0 saturated carbocycles. The third kappa shape index (κ3) is 2.95. The van der Waals surface area contributed by atoms with E-state index in [2.05, 4.69) is 15.3 Å². The van der Waals surface area contributed by atoms with E-state index in [0.29, 0.717) is 17.6 Å². The van der Waals surface area contributed by atoms with Crippen molar-refractivity contribution in [1.82, 2.24) is 9.97 Å². The maximum Gasteiger partial charge on any atom is 0.354 e. The van der Waals surface area contributed by atoms with Crippen LogP contribution >= 0.6 is 0 Å². The van der Waals surface area contributed by atoms with Crippen molar-refractivity contribution < 1.29 is 14.6 Å². The largest absolute Gasteiger partial charge is 0.477 e. The van der Waals surface area contributed by atoms with E-state index in [4.69, 9.17) is 9.84 Å². The number of nitrogens with zero attached hydrogens (tertiary/aromatic N) is 2. The number of ether oxygens (including phenoxy) is 1. The molecule has 18 heavy (non-hydrogen) atoms. The number of hydrogen-bond donors (Lipinski definition) is 2. The Hall–Kier alpha value is -1.69. The van der Waals surface area contributed by atoms with Crippen LogP contribution in [0.25, 0.3) is 0 Å². The van der Waals surface area contributed by atoms with Gasteiger partial charge >= 0.3 is 5.97 Å². The first-order valence-electron chi connectivity index (χ1n) is 5.99. The number of nitrogens with one attached hydrogen (secondary N) is 1. The molecular weight excluding hydrogens is 234 g/mol. The fourth-order valence-corrected chi connectivity index (χ4v) is 2.01. The maximum absolute atomic E-state index is 10.9. The second kappa shape index (κ2) is 5.30. The average Bonchev–Trinajstić information content (AvgIpc) is 2.81. The molecule has 0 aliphatic carbocycles. The number of aryl methyl sites for hydroxylation is 1. The van der Waals surface area contributed by atoms with Gasteiger partial charge in [-0.15, -0.1) is 0 Å². The standard InChI is InChI=1S/C12H17N3O3/c1-7-5-10(11(16)17)15-12(13-7)14-8(2)9-3-4-18-6-9/h5,8-9H,3-4,6H2,1-2H3,(H,16,17)(H,13,14,15). The highest BCUT2D eigenvalue weighted by Crippen LogP contribution is 2.19. The summed E-state index contributed by atoms with van der Waals surface area (Å²) in [5.41, 5.74) is 0.652. The quantitative estimate of drug-likeness (QED) is 0.839. The monoisotopic (exact) mass is 251 g/mol. The second-order valence-electron chi connectivity index (χ2n) is 4.58. The van der Waals surface area contributed by atoms with Crippen molar-refractivity contribution in [3.8, 4) is 0 Å². The highest BCUT2D eigenvalue weighted by Gasteiger charge is 2.23. The third-order valence-electron chi connectivity index (χ3n) is 3.10. The number of carbonyl (C=O) groups is 1. The molecule has 2 rings (SSSR count). The van der Waals surface area contributed by atoms with Crippen LogP contribution in [0.3, 0.4) is 0 Å². The maximum atomic E-state index is 10.9. The summed E-state index contributed by atoms with van der Waals surface area (Å²) < 4.78 is 5.33. The first-order chi connectivity index (χ1) is 8.56. The lowest BCUT2D eigenvalue weighted by Crippen LogP contribution is -2.27. The molecule has 2 N–H and O–H groups in total. The summed E-state index contributed by atoms with van der Waals surface area (Å²) in [4.78, 5) is 19.1. The first kappa shape index (κ1) is 12.8. The van der Waals surface area contributed by atoms with Gasteiger partial charge in [0, 0.05) is 24.3 Å². The van der Waals surface area contributed by atoms with Crippen molar-refractivity contribution >= 4 is 11.9 Å². The number of rotatable bonds is 4. The van der Waals surface area contributed by atoms with E-state index in [1.54, 1.807) is 6.92 Å². The third-order valence-corrected chi connectivity index (χ3v) is 3.10. The van der Waals surface area contributed by atoms with Gasteiger partial charge in [0.15, 0.2) is 5.69 Å². The Morgan fingerprint density at radius 1 is 1.61 bits per heavy atom. The Balaban J connectivity index is 2.10. The van der Waals surface area contributed by atoms with Crippen LogP contribution in [0.15, 0.2) is 6.07 Å². The SMILES string of the molecule is Cc1cc(C(=O)O)nc(NC(C)C2CCOC2)n1. The summed E-state index contributed by atoms with van der Waals surface area (Å²) in [6.07, 6.45) is 1.01. The summed E-state index contributed by atoms with van der Waals surface area (Å²) in [5.74, 6) is -0.255. The van der Waals surface area contributed by atoms with Gasteiger partial charge in [0.2, 0.25) is 5.95 Å². The van der Waals surface area contributed by atoms with Crippen molar-refractivity contribution in [1.29, 1.82) is 0 Å². The van der Waals surface area contributed by atoms with E-state index in [1.165, 1.54) is 6.07 Å². The predicted molar refractivity (Wildman–Crippen MR) is 65.7 cm³/mol. The van der Waals surface area contributed by atoms with Crippen LogP contribution in [-0.2, 0) is 4.74 Å². The normalized spacial score (nSPS) is 20.7. The van der Waals surface area contributed by atoms with E-state index in [1.807, 2.05) is 6.92 Å². The number of hydrogen-bond acceptors (Lipinski definition) is 5. The van der Waals surface area contributed by atoms with Crippen molar-refractivity contribution in [3.63, 3.8) is 0 Å². The van der Waals surface area contributed by atoms with E-state index < -0.39 is 5.97 Å². The zero-order valence-electron chi connectivity index (χ0n) is 10.5. The predicted octanol–water partition coefficient (Wildman–Crippen LogP) is 1.32. The van der Waals surface area contributed by atoms with Gasteiger partial charge < -0.3 is 15.2 Å². The molecule has 1 saturated heterocycles. The van der Waals surface area contributed by atoms with E-state index >= 15 is 0 Å². The molecule has 1 fully saturated rings. The Kier molecular flexibility index (Phi) is 3.76. The molecular formula is C12H17N3O3. The van der Waals surface area contributed by atoms with Crippen molar-refractivity contribution in [2.45, 2.75) is 26.3 Å². The molecule has 0 radical (unpaired) electrons. The lowest BCUT2D eigenvalue weighted by Gasteiger charge is -2.19. The molecule has 1 aromatic rings. The zero-order valence-corrected chi connectivity index (χ0v) is 10.5. The lowest BCUT2D eigenvalue weighted by molar-refractivity contribution is 0.0690. The van der Waals surface area contributed by atoms with Crippen LogP contribution in [-0.4, -0.2) is 40.3 Å². The van der Waals surface area contributed by atoms with Crippen LogP contribution < -0.4 is 5.32 Å². The number of anilines is 1. The van der Waals surface area contributed by atoms with Gasteiger partial charge in [-0.25, -0.2) is 14.8 Å². The Morgan fingerprint density at radius 3 is 3.00 bits per heavy atom. The van der Waals surface area contributed by atoms with Crippen molar-refractivity contribution in [2.75, 3.05) is 18.5 Å². The second-order valence-corrected chi connectivity index (χ2v) is 4.58. The number of aromatic nitrogens is 2. The highest BCUT2D eigenvalue weighted by atomic mass is 16.5. The van der Waals surface area contributed by atoms with Gasteiger partial charge in [0.05, 0.1) is 6.61 Å². The molecule has 2 atom stereocenters. The minimum absolute atomic E-state index is 0.0138. The number of carboxylic acid groups (broad SMARTS) is 1. The summed E-state index contributed by atoms with van der Waals surface area (Å²) in [6.45, 7) is 5.30. The van der Waals surface area contributed by atoms with Gasteiger partial charge in [-0.1, -0.05) is 0 Å². The number of carboxylic acids is 1. The minimum Gasteiger partial charge on any atom is -0.477 e. The molecule has 0 spiro atoms. The van der Waals surface area contributed by atoms with E-state index in [0.717, 1.165) is 19.6 Å². The van der Waals surface area contributed by atoms with Crippen LogP contribution in [0.1, 0.15) is 29.5 Å². The molecule has 0 aromatic carbocycles. The minimum atomic E-state index is -1.04. The molecule has 6 nitrogen and oxygen atoms in total. The first-order valence-corrected chi connectivity index (χ1v) is 5.99. The fourth-order valence-electron chi connectivity index (χ4n) is 2.01. The van der Waals surface area contributed by atoms with Gasteiger partial charge in [-0.05, 0) is 26.3 Å². The number of aromatic carboxylic acids is 1. The summed E-state index contributed by atoms with van der Waals surface area (Å²) in [7, 11) is 0. The molecule has 1 aliphatic rings. The summed E-state index contributed by atoms with van der Waals surface area (Å²) in [5, 5.41) is 12.1. The van der Waals surface area contributed by atoms with E-state index in [-0.39, 0.29) is 11.7 Å². The molecule has 0 bridgehead atoms. The van der Waals surface area contributed by atoms with Crippen LogP contribution in [0, 0.1) is 12.8 Å². The van der Waals surface area contributed by atoms with Gasteiger partial charge in [0.1, 0.15) is 0 Å². The molecule has 0 amide bonds. The topological polar surface area (TPSA) is 84.3 Å². The average molecular weight is 251 g/mol. The van der Waals surface area contributed by atoms with Crippen molar-refractivity contribution in [3.05, 3.63) is 17.5 Å². The molecule has 2 heterocycles. The van der Waals surface area contributed by atoms with E-state index in [9.17, 15) is 4.79 Å². The Labute approximate surface area is 105 Å². The van der Waals surface area contributed by atoms with Crippen LogP contribution in [0.2, 0.25) is 0 Å². The molecule has 6 heteroatoms. The van der Waals surface area contributed by atoms with Crippen LogP contribution in [0.5, 0.6) is 0 Å². The summed E-state index contributed by atoms with van der Waals surface area (Å²) in [6, 6.07) is 1.62. The molecule has 1 aliphatic heterocycles. The fraction of sp³-hybridized carbons (Fsp3) is 0.583. The van der Waals surface area contributed by atoms with Gasteiger partial charge in [-0.3, -0.25) is 0 Å². The Bertz CT molecular complexity index is 444. The van der Waals surface area contributed by atoms with Crippen molar-refractivity contribution in [2.24, 2.45) is 5.92 Å². The summed E-state index contributed by atoms with van der Waals surface area (Å²) >= 11 is 0. The van der Waals surface area contributed by atoms with Gasteiger partial charge in [-0.2, -0.15) is 0 Å². The smallest absolute Gasteiger partial charge is 0.354 e. The molecule has 1 aromatic heterocycles. The molecule has 98 valence electrons. The molecule has 2 unspecified atom stereocenters. The lowest BCUT2D eigenvalue weighted by atomic mass is 10.0. The highest BCUT2D eigenvalue weighted by molar-refractivity contribution is 5.85. The van der Waals surface area contributed by atoms with Crippen LogP contribution in [0.4, 0.5) is 5.95 Å².